The predicted molar refractivity (Wildman–Crippen MR) is 40.7 cm³/mol. The maximum atomic E-state index is 5.24. The molecule has 0 N–H and O–H groups in total. The molecule has 1 atom stereocenters. The van der Waals surface area contributed by atoms with Crippen LogP contribution < -0.4 is 0 Å². The van der Waals surface area contributed by atoms with Crippen LogP contribution in [0, 0.1) is 0 Å². The first-order valence-corrected chi connectivity index (χ1v) is 5.23. The third-order valence-corrected chi connectivity index (χ3v) is 2.55. The molecular weight excluding hydrogens is 148 g/mol. The van der Waals surface area contributed by atoms with Gasteiger partial charge in [0.1, 0.15) is 6.61 Å². The van der Waals surface area contributed by atoms with E-state index in [1.165, 1.54) is 6.04 Å². The Hall–Kier alpha value is 0.0969. The van der Waals surface area contributed by atoms with Crippen LogP contribution in [-0.2, 0) is 13.9 Å². The Bertz CT molecular complexity index is 85.1. The van der Waals surface area contributed by atoms with Crippen LogP contribution in [0.15, 0.2) is 0 Å². The van der Waals surface area contributed by atoms with Gasteiger partial charge in [0, 0.05) is 13.7 Å². The fourth-order valence-corrected chi connectivity index (χ4v) is 1.40. The molecule has 1 saturated heterocycles. The highest BCUT2D eigenvalue weighted by Crippen LogP contribution is 2.10. The standard InChI is InChI=1S/C6H14O3Si/c1-7-10-4-2-3-8-6-5-9-6/h6H,2-5,10H2,1H3. The highest BCUT2D eigenvalue weighted by Gasteiger charge is 2.22. The zero-order valence-corrected chi connectivity index (χ0v) is 7.75. The van der Waals surface area contributed by atoms with Crippen LogP contribution in [-0.4, -0.2) is 36.4 Å². The largest absolute Gasteiger partial charge is 0.427 e. The van der Waals surface area contributed by atoms with Crippen molar-refractivity contribution in [1.29, 1.82) is 0 Å². The fourth-order valence-electron chi connectivity index (χ4n) is 0.699. The summed E-state index contributed by atoms with van der Waals surface area (Å²) in [5, 5.41) is 0. The van der Waals surface area contributed by atoms with E-state index in [0.29, 0.717) is 0 Å². The Morgan fingerprint density at radius 2 is 2.50 bits per heavy atom. The first-order valence-electron chi connectivity index (χ1n) is 3.65. The van der Waals surface area contributed by atoms with Gasteiger partial charge in [-0.2, -0.15) is 0 Å². The van der Waals surface area contributed by atoms with Crippen LogP contribution in [0.25, 0.3) is 0 Å². The molecule has 0 amide bonds. The molecule has 0 aromatic heterocycles. The summed E-state index contributed by atoms with van der Waals surface area (Å²) < 4.78 is 15.1. The Balaban J connectivity index is 1.68. The highest BCUT2D eigenvalue weighted by molar-refractivity contribution is 6.26. The lowest BCUT2D eigenvalue weighted by atomic mass is 10.5. The van der Waals surface area contributed by atoms with Crippen LogP contribution >= 0.6 is 0 Å². The summed E-state index contributed by atoms with van der Waals surface area (Å²) >= 11 is 0. The maximum absolute atomic E-state index is 5.24. The first-order chi connectivity index (χ1) is 4.93. The molecule has 1 aliphatic heterocycles. The molecule has 1 fully saturated rings. The molecule has 0 aromatic rings. The Morgan fingerprint density at radius 3 is 3.10 bits per heavy atom. The lowest BCUT2D eigenvalue weighted by Crippen LogP contribution is -2.00. The molecule has 1 heterocycles. The predicted octanol–water partition coefficient (Wildman–Crippen LogP) is -0.102. The van der Waals surface area contributed by atoms with Crippen molar-refractivity contribution in [2.24, 2.45) is 0 Å². The molecule has 0 saturated carbocycles. The van der Waals surface area contributed by atoms with Gasteiger partial charge in [-0.25, -0.2) is 0 Å². The van der Waals surface area contributed by atoms with Crippen LogP contribution in [0.3, 0.4) is 0 Å². The minimum Gasteiger partial charge on any atom is -0.427 e. The van der Waals surface area contributed by atoms with E-state index in [1.807, 2.05) is 0 Å². The molecule has 60 valence electrons. The van der Waals surface area contributed by atoms with E-state index in [2.05, 4.69) is 0 Å². The second kappa shape index (κ2) is 4.84. The van der Waals surface area contributed by atoms with Crippen molar-refractivity contribution in [2.45, 2.75) is 18.8 Å². The lowest BCUT2D eigenvalue weighted by Gasteiger charge is -1.98. The molecule has 1 rings (SSSR count). The third-order valence-electron chi connectivity index (χ3n) is 1.35. The maximum Gasteiger partial charge on any atom is 0.181 e. The zero-order chi connectivity index (χ0) is 7.23. The summed E-state index contributed by atoms with van der Waals surface area (Å²) in [7, 11) is 1.55. The van der Waals surface area contributed by atoms with Crippen LogP contribution in [0.4, 0.5) is 0 Å². The van der Waals surface area contributed by atoms with E-state index in [-0.39, 0.29) is 16.1 Å². The molecule has 0 aromatic carbocycles. The topological polar surface area (TPSA) is 31.0 Å². The van der Waals surface area contributed by atoms with Crippen molar-refractivity contribution in [1.82, 2.24) is 0 Å². The van der Waals surface area contributed by atoms with Crippen LogP contribution in [0.2, 0.25) is 6.04 Å². The van der Waals surface area contributed by atoms with Crippen LogP contribution in [0.5, 0.6) is 0 Å². The molecule has 0 radical (unpaired) electrons. The number of ether oxygens (including phenoxy) is 2. The average Bonchev–Trinajstić information content (AvgIpc) is 2.71. The summed E-state index contributed by atoms with van der Waals surface area (Å²) in [6, 6.07) is 1.21. The Kier molecular flexibility index (Phi) is 3.97. The van der Waals surface area contributed by atoms with Crippen molar-refractivity contribution in [2.75, 3.05) is 20.3 Å². The molecule has 10 heavy (non-hydrogen) atoms. The summed E-state index contributed by atoms with van der Waals surface area (Å²) in [6.45, 7) is 1.63. The van der Waals surface area contributed by atoms with Gasteiger partial charge in [0.15, 0.2) is 16.1 Å². The minimum atomic E-state index is -0.224. The third kappa shape index (κ3) is 4.00. The van der Waals surface area contributed by atoms with Crippen molar-refractivity contribution in [3.63, 3.8) is 0 Å². The van der Waals surface area contributed by atoms with Gasteiger partial charge in [-0.1, -0.05) is 0 Å². The molecule has 0 aliphatic carbocycles. The van der Waals surface area contributed by atoms with Gasteiger partial charge >= 0.3 is 0 Å². The van der Waals surface area contributed by atoms with Crippen molar-refractivity contribution >= 4 is 9.76 Å². The number of rotatable bonds is 6. The van der Waals surface area contributed by atoms with E-state index in [9.17, 15) is 0 Å². The van der Waals surface area contributed by atoms with Crippen molar-refractivity contribution in [3.05, 3.63) is 0 Å². The summed E-state index contributed by atoms with van der Waals surface area (Å²) in [6.07, 6.45) is 1.25. The monoisotopic (exact) mass is 162 g/mol. The van der Waals surface area contributed by atoms with E-state index < -0.39 is 0 Å². The number of hydrogen-bond donors (Lipinski definition) is 0. The normalized spacial score (nSPS) is 24.3. The first kappa shape index (κ1) is 8.20. The van der Waals surface area contributed by atoms with Gasteiger partial charge in [0.05, 0.1) is 0 Å². The SMILES string of the molecule is CO[SiH2]CCCOC1CO1. The highest BCUT2D eigenvalue weighted by atomic mass is 28.2. The zero-order valence-electron chi connectivity index (χ0n) is 6.34. The van der Waals surface area contributed by atoms with Gasteiger partial charge in [-0.05, 0) is 12.5 Å². The summed E-state index contributed by atoms with van der Waals surface area (Å²) in [5.74, 6) is 0. The van der Waals surface area contributed by atoms with Crippen molar-refractivity contribution < 1.29 is 13.9 Å². The van der Waals surface area contributed by atoms with Gasteiger partial charge < -0.3 is 13.9 Å². The van der Waals surface area contributed by atoms with E-state index >= 15 is 0 Å². The van der Waals surface area contributed by atoms with Gasteiger partial charge in [-0.3, -0.25) is 0 Å². The Labute approximate surface area is 63.6 Å². The molecular formula is C6H14O3Si. The van der Waals surface area contributed by atoms with E-state index in [4.69, 9.17) is 13.9 Å². The van der Waals surface area contributed by atoms with E-state index in [0.717, 1.165) is 19.6 Å². The quantitative estimate of drug-likeness (QED) is 0.310. The van der Waals surface area contributed by atoms with Gasteiger partial charge in [0.25, 0.3) is 0 Å². The second-order valence-electron chi connectivity index (χ2n) is 2.33. The van der Waals surface area contributed by atoms with Crippen LogP contribution in [0.1, 0.15) is 6.42 Å². The number of hydrogen-bond acceptors (Lipinski definition) is 3. The van der Waals surface area contributed by atoms with Crippen molar-refractivity contribution in [3.8, 4) is 0 Å². The minimum absolute atomic E-state index is 0.129. The summed E-state index contributed by atoms with van der Waals surface area (Å²) in [5.41, 5.74) is 0. The van der Waals surface area contributed by atoms with E-state index in [1.54, 1.807) is 7.11 Å². The van der Waals surface area contributed by atoms with Gasteiger partial charge in [0.2, 0.25) is 0 Å². The summed E-state index contributed by atoms with van der Waals surface area (Å²) in [4.78, 5) is 0. The smallest absolute Gasteiger partial charge is 0.181 e. The molecule has 0 spiro atoms. The number of epoxide rings is 1. The molecule has 3 nitrogen and oxygen atoms in total. The second-order valence-corrected chi connectivity index (χ2v) is 4.03. The molecule has 4 heteroatoms. The average molecular weight is 162 g/mol. The van der Waals surface area contributed by atoms with Gasteiger partial charge in [-0.15, -0.1) is 0 Å². The molecule has 0 bridgehead atoms. The lowest BCUT2D eigenvalue weighted by molar-refractivity contribution is 0.0506. The molecule has 1 unspecified atom stereocenters. The Morgan fingerprint density at radius 1 is 1.70 bits per heavy atom. The fraction of sp³-hybridized carbons (Fsp3) is 1.00. The molecule has 1 aliphatic rings.